The van der Waals surface area contributed by atoms with Gasteiger partial charge in [0.1, 0.15) is 6.61 Å². The highest BCUT2D eigenvalue weighted by atomic mass is 16.5. The molecular formula is C6H12N3O3. The molecule has 0 aliphatic rings. The van der Waals surface area contributed by atoms with Crippen molar-refractivity contribution in [2.45, 2.75) is 0 Å². The fourth-order valence-corrected chi connectivity index (χ4v) is 0.531. The number of ether oxygens (including phenoxy) is 2. The quantitative estimate of drug-likeness (QED) is 0.235. The molecular weight excluding hydrogens is 162 g/mol. The van der Waals surface area contributed by atoms with Gasteiger partial charge in [-0.3, -0.25) is 0 Å². The van der Waals surface area contributed by atoms with Gasteiger partial charge in [-0.25, -0.2) is 5.11 Å². The van der Waals surface area contributed by atoms with Crippen LogP contribution >= 0.6 is 0 Å². The Labute approximate surface area is 70.7 Å². The highest BCUT2D eigenvalue weighted by Crippen LogP contribution is 1.79. The molecule has 69 valence electrons. The van der Waals surface area contributed by atoms with E-state index in [0.717, 1.165) is 0 Å². The van der Waals surface area contributed by atoms with Crippen LogP contribution in [-0.2, 0) is 14.6 Å². The Hall–Kier alpha value is -0.810. The van der Waals surface area contributed by atoms with Crippen LogP contribution < -0.4 is 0 Å². The van der Waals surface area contributed by atoms with Gasteiger partial charge in [-0.15, -0.1) is 0 Å². The molecule has 0 fully saturated rings. The van der Waals surface area contributed by atoms with Gasteiger partial charge < -0.3 is 9.47 Å². The Morgan fingerprint density at radius 3 is 2.42 bits per heavy atom. The smallest absolute Gasteiger partial charge is 0.106 e. The minimum absolute atomic E-state index is 0.222. The van der Waals surface area contributed by atoms with Crippen LogP contribution in [0, 0.1) is 0 Å². The highest BCUT2D eigenvalue weighted by Gasteiger charge is 1.88. The van der Waals surface area contributed by atoms with Gasteiger partial charge >= 0.3 is 0 Å². The van der Waals surface area contributed by atoms with E-state index < -0.39 is 0 Å². The molecule has 6 heteroatoms. The summed E-state index contributed by atoms with van der Waals surface area (Å²) in [5, 5.41) is 13.2. The van der Waals surface area contributed by atoms with Gasteiger partial charge in [0.25, 0.3) is 0 Å². The minimum Gasteiger partial charge on any atom is -0.379 e. The van der Waals surface area contributed by atoms with Gasteiger partial charge in [0.2, 0.25) is 0 Å². The molecule has 0 rings (SSSR count). The Morgan fingerprint density at radius 2 is 1.83 bits per heavy atom. The lowest BCUT2D eigenvalue weighted by atomic mass is 10.7. The summed E-state index contributed by atoms with van der Waals surface area (Å²) in [5.41, 5.74) is 7.88. The molecule has 0 atom stereocenters. The number of hydrogen-bond acceptors (Lipinski definition) is 3. The molecule has 0 aliphatic carbocycles. The van der Waals surface area contributed by atoms with Crippen LogP contribution in [0.5, 0.6) is 0 Å². The molecule has 0 aromatic heterocycles. The second-order valence-electron chi connectivity index (χ2n) is 1.88. The lowest BCUT2D eigenvalue weighted by Gasteiger charge is -2.01. The molecule has 0 aromatic rings. The molecule has 1 radical (unpaired) electrons. The van der Waals surface area contributed by atoms with E-state index in [1.54, 1.807) is 0 Å². The van der Waals surface area contributed by atoms with E-state index in [4.69, 9.17) is 15.0 Å². The summed E-state index contributed by atoms with van der Waals surface area (Å²) in [5.74, 6) is 0. The molecule has 0 N–H and O–H groups in total. The van der Waals surface area contributed by atoms with Crippen molar-refractivity contribution in [3.63, 3.8) is 0 Å². The summed E-state index contributed by atoms with van der Waals surface area (Å²) < 4.78 is 9.84. The Balaban J connectivity index is 2.86. The average Bonchev–Trinajstić information content (AvgIpc) is 2.10. The lowest BCUT2D eigenvalue weighted by molar-refractivity contribution is 0.0228. The van der Waals surface area contributed by atoms with Crippen molar-refractivity contribution in [2.75, 3.05) is 39.6 Å². The fraction of sp³-hybridized carbons (Fsp3) is 1.00. The van der Waals surface area contributed by atoms with Crippen LogP contribution in [-0.4, -0.2) is 39.6 Å². The van der Waals surface area contributed by atoms with Crippen LogP contribution in [0.1, 0.15) is 0 Å². The van der Waals surface area contributed by atoms with Crippen molar-refractivity contribution in [3.05, 3.63) is 10.4 Å². The van der Waals surface area contributed by atoms with E-state index in [0.29, 0.717) is 26.4 Å². The average molecular weight is 174 g/mol. The highest BCUT2D eigenvalue weighted by molar-refractivity contribution is 4.43. The van der Waals surface area contributed by atoms with Crippen molar-refractivity contribution in [2.24, 2.45) is 5.11 Å². The molecule has 0 saturated carbocycles. The van der Waals surface area contributed by atoms with E-state index in [9.17, 15) is 5.11 Å². The topological polar surface area (TPSA) is 87.1 Å². The standard InChI is InChI=1S/C6H12N3O3/c7-9-8-1-3-11-5-6-12-4-2-10/h1-6H2. The molecule has 0 unspecified atom stereocenters. The first-order valence-corrected chi connectivity index (χ1v) is 3.66. The van der Waals surface area contributed by atoms with Gasteiger partial charge in [0.15, 0.2) is 0 Å². The summed E-state index contributed by atoms with van der Waals surface area (Å²) in [6.45, 7) is 1.57. The zero-order valence-corrected chi connectivity index (χ0v) is 6.81. The third-order valence-corrected chi connectivity index (χ3v) is 0.999. The molecule has 0 aromatic carbocycles. The van der Waals surface area contributed by atoms with Gasteiger partial charge in [-0.1, -0.05) is 5.11 Å². The predicted octanol–water partition coefficient (Wildman–Crippen LogP) is 0.760. The third-order valence-electron chi connectivity index (χ3n) is 0.999. The molecule has 12 heavy (non-hydrogen) atoms. The number of nitrogens with zero attached hydrogens (tertiary/aromatic N) is 3. The van der Waals surface area contributed by atoms with Crippen molar-refractivity contribution < 1.29 is 14.6 Å². The second kappa shape index (κ2) is 10.2. The molecule has 0 amide bonds. The predicted molar refractivity (Wildman–Crippen MR) is 41.2 cm³/mol. The van der Waals surface area contributed by atoms with E-state index in [1.165, 1.54) is 0 Å². The Kier molecular flexibility index (Phi) is 9.50. The van der Waals surface area contributed by atoms with Crippen molar-refractivity contribution in [1.29, 1.82) is 0 Å². The monoisotopic (exact) mass is 174 g/mol. The summed E-state index contributed by atoms with van der Waals surface area (Å²) >= 11 is 0. The molecule has 0 spiro atoms. The number of azide groups is 1. The van der Waals surface area contributed by atoms with Crippen molar-refractivity contribution in [3.8, 4) is 0 Å². The minimum atomic E-state index is -0.223. The maximum Gasteiger partial charge on any atom is 0.106 e. The van der Waals surface area contributed by atoms with Gasteiger partial charge in [-0.05, 0) is 5.53 Å². The first kappa shape index (κ1) is 11.2. The van der Waals surface area contributed by atoms with Crippen LogP contribution in [0.15, 0.2) is 5.11 Å². The molecule has 0 heterocycles. The van der Waals surface area contributed by atoms with E-state index >= 15 is 0 Å². The normalized spacial score (nSPS) is 9.42. The van der Waals surface area contributed by atoms with Crippen LogP contribution in [0.3, 0.4) is 0 Å². The van der Waals surface area contributed by atoms with Gasteiger partial charge in [-0.2, -0.15) is 0 Å². The Bertz CT molecular complexity index is 136. The largest absolute Gasteiger partial charge is 0.379 e. The molecule has 0 bridgehead atoms. The van der Waals surface area contributed by atoms with Crippen LogP contribution in [0.25, 0.3) is 10.4 Å². The summed E-state index contributed by atoms with van der Waals surface area (Å²) in [7, 11) is 0. The van der Waals surface area contributed by atoms with E-state index in [2.05, 4.69) is 10.0 Å². The molecule has 6 nitrogen and oxygen atoms in total. The zero-order chi connectivity index (χ0) is 9.07. The van der Waals surface area contributed by atoms with Gasteiger partial charge in [0, 0.05) is 11.5 Å². The summed E-state index contributed by atoms with van der Waals surface area (Å²) in [4.78, 5) is 2.56. The van der Waals surface area contributed by atoms with E-state index in [1.807, 2.05) is 0 Å². The first-order valence-electron chi connectivity index (χ1n) is 3.66. The SMILES string of the molecule is [N-]=[N+]=NCCOCCOCC[O]. The maximum atomic E-state index is 9.88. The Morgan fingerprint density at radius 1 is 1.17 bits per heavy atom. The third kappa shape index (κ3) is 9.19. The molecule has 0 saturated heterocycles. The summed E-state index contributed by atoms with van der Waals surface area (Å²) in [6, 6.07) is 0. The van der Waals surface area contributed by atoms with Crippen molar-refractivity contribution in [1.82, 2.24) is 0 Å². The zero-order valence-electron chi connectivity index (χ0n) is 6.81. The van der Waals surface area contributed by atoms with Crippen LogP contribution in [0.4, 0.5) is 0 Å². The van der Waals surface area contributed by atoms with Gasteiger partial charge in [0.05, 0.1) is 26.4 Å². The summed E-state index contributed by atoms with van der Waals surface area (Å²) in [6.07, 6.45) is 0. The number of rotatable bonds is 8. The van der Waals surface area contributed by atoms with Crippen molar-refractivity contribution >= 4 is 0 Å². The molecule has 0 aliphatic heterocycles. The number of hydrogen-bond donors (Lipinski definition) is 0. The first-order chi connectivity index (χ1) is 5.91. The van der Waals surface area contributed by atoms with Crippen LogP contribution in [0.2, 0.25) is 0 Å². The van der Waals surface area contributed by atoms with E-state index in [-0.39, 0.29) is 13.2 Å². The second-order valence-corrected chi connectivity index (χ2v) is 1.88. The fourth-order valence-electron chi connectivity index (χ4n) is 0.531. The lowest BCUT2D eigenvalue weighted by Crippen LogP contribution is -2.08. The maximum absolute atomic E-state index is 9.88.